The molecule has 1 saturated carbocycles. The van der Waals surface area contributed by atoms with E-state index in [-0.39, 0.29) is 12.2 Å². The van der Waals surface area contributed by atoms with Crippen LogP contribution in [0, 0.1) is 5.92 Å². The van der Waals surface area contributed by atoms with Crippen LogP contribution in [0.2, 0.25) is 0 Å². The molecule has 1 aliphatic rings. The van der Waals surface area contributed by atoms with Crippen molar-refractivity contribution in [3.05, 3.63) is 0 Å². The summed E-state index contributed by atoms with van der Waals surface area (Å²) in [7, 11) is 0. The van der Waals surface area contributed by atoms with Crippen molar-refractivity contribution in [2.75, 3.05) is 0 Å². The van der Waals surface area contributed by atoms with Crippen LogP contribution in [0.5, 0.6) is 0 Å². The zero-order valence-corrected chi connectivity index (χ0v) is 11.8. The Hall–Kier alpha value is -0.0800. The molecule has 3 atom stereocenters. The van der Waals surface area contributed by atoms with Crippen LogP contribution in [0.25, 0.3) is 0 Å². The van der Waals surface area contributed by atoms with E-state index in [1.165, 1.54) is 44.9 Å². The first kappa shape index (κ1) is 15.0. The zero-order valence-electron chi connectivity index (χ0n) is 11.8. The molecule has 1 rings (SSSR count). The smallest absolute Gasteiger partial charge is 0.0606 e. The molecule has 0 heterocycles. The van der Waals surface area contributed by atoms with Gasteiger partial charge in [0.15, 0.2) is 0 Å². The minimum absolute atomic E-state index is 0.188. The van der Waals surface area contributed by atoms with Crippen LogP contribution in [0.1, 0.15) is 72.1 Å². The summed E-state index contributed by atoms with van der Waals surface area (Å²) >= 11 is 0. The second kappa shape index (κ2) is 8.10. The van der Waals surface area contributed by atoms with Crippen molar-refractivity contribution in [2.24, 2.45) is 5.92 Å². The van der Waals surface area contributed by atoms with Crippen LogP contribution in [0.15, 0.2) is 0 Å². The third-order valence-electron chi connectivity index (χ3n) is 3.83. The van der Waals surface area contributed by atoms with Crippen molar-refractivity contribution in [2.45, 2.75) is 90.4 Å². The first-order valence-corrected chi connectivity index (χ1v) is 7.47. The Morgan fingerprint density at radius 3 is 2.35 bits per heavy atom. The quantitative estimate of drug-likeness (QED) is 0.733. The van der Waals surface area contributed by atoms with E-state index in [4.69, 9.17) is 4.74 Å². The van der Waals surface area contributed by atoms with Gasteiger partial charge < -0.3 is 9.84 Å². The maximum absolute atomic E-state index is 9.40. The summed E-state index contributed by atoms with van der Waals surface area (Å²) in [5.74, 6) is 0.764. The van der Waals surface area contributed by atoms with Crippen molar-refractivity contribution in [1.82, 2.24) is 0 Å². The van der Waals surface area contributed by atoms with Crippen LogP contribution in [0.4, 0.5) is 0 Å². The lowest BCUT2D eigenvalue weighted by Crippen LogP contribution is -2.30. The zero-order chi connectivity index (χ0) is 12.7. The van der Waals surface area contributed by atoms with E-state index in [9.17, 15) is 5.11 Å². The molecule has 102 valence electrons. The number of aliphatic hydroxyl groups excluding tert-OH is 1. The highest BCUT2D eigenvalue weighted by Gasteiger charge is 2.25. The van der Waals surface area contributed by atoms with Crippen molar-refractivity contribution in [3.63, 3.8) is 0 Å². The van der Waals surface area contributed by atoms with Crippen LogP contribution >= 0.6 is 0 Å². The molecule has 1 N–H and O–H groups in total. The largest absolute Gasteiger partial charge is 0.393 e. The lowest BCUT2D eigenvalue weighted by Gasteiger charge is -2.32. The summed E-state index contributed by atoms with van der Waals surface area (Å²) in [4.78, 5) is 0. The molecule has 0 saturated heterocycles. The van der Waals surface area contributed by atoms with Gasteiger partial charge in [0.05, 0.1) is 18.3 Å². The predicted molar refractivity (Wildman–Crippen MR) is 72.1 cm³/mol. The first-order valence-electron chi connectivity index (χ1n) is 7.47. The average molecular weight is 242 g/mol. The van der Waals surface area contributed by atoms with Gasteiger partial charge in [-0.2, -0.15) is 0 Å². The van der Waals surface area contributed by atoms with E-state index in [0.29, 0.717) is 6.10 Å². The molecule has 0 unspecified atom stereocenters. The number of aliphatic hydroxyl groups is 1. The average Bonchev–Trinajstić information content (AvgIpc) is 2.28. The second-order valence-corrected chi connectivity index (χ2v) is 5.76. The molecule has 2 nitrogen and oxygen atoms in total. The molecule has 1 aliphatic carbocycles. The minimum atomic E-state index is -0.251. The van der Waals surface area contributed by atoms with Gasteiger partial charge in [0.2, 0.25) is 0 Å². The maximum Gasteiger partial charge on any atom is 0.0606 e. The van der Waals surface area contributed by atoms with Gasteiger partial charge in [0.1, 0.15) is 0 Å². The number of hydrogen-bond acceptors (Lipinski definition) is 2. The lowest BCUT2D eigenvalue weighted by molar-refractivity contribution is -0.0616. The molecule has 0 bridgehead atoms. The Kier molecular flexibility index (Phi) is 7.14. The molecule has 0 aromatic heterocycles. The Morgan fingerprint density at radius 2 is 1.82 bits per heavy atom. The van der Waals surface area contributed by atoms with Gasteiger partial charge >= 0.3 is 0 Å². The third-order valence-corrected chi connectivity index (χ3v) is 3.83. The summed E-state index contributed by atoms with van der Waals surface area (Å²) in [5, 5.41) is 9.40. The van der Waals surface area contributed by atoms with Crippen molar-refractivity contribution >= 4 is 0 Å². The topological polar surface area (TPSA) is 29.5 Å². The molecule has 17 heavy (non-hydrogen) atoms. The Balaban J connectivity index is 2.40. The summed E-state index contributed by atoms with van der Waals surface area (Å²) in [6.45, 7) is 6.17. The molecule has 2 heteroatoms. The van der Waals surface area contributed by atoms with Crippen molar-refractivity contribution in [1.29, 1.82) is 0 Å². The standard InChI is InChI=1S/C15H30O2/c1-4-8-15(14-9-6-5-7-10-14)17-13(3)11-12(2)16/h12-16H,4-11H2,1-3H3/t12-,13-,15+/m1/s1. The molecule has 0 aromatic rings. The van der Waals surface area contributed by atoms with Crippen molar-refractivity contribution < 1.29 is 9.84 Å². The van der Waals surface area contributed by atoms with Crippen LogP contribution in [-0.4, -0.2) is 23.4 Å². The molecule has 0 aromatic carbocycles. The molecule has 0 radical (unpaired) electrons. The van der Waals surface area contributed by atoms with E-state index in [2.05, 4.69) is 13.8 Å². The molecular weight excluding hydrogens is 212 g/mol. The summed E-state index contributed by atoms with van der Waals surface area (Å²) < 4.78 is 6.18. The maximum atomic E-state index is 9.40. The molecule has 1 fully saturated rings. The molecule has 0 spiro atoms. The summed E-state index contributed by atoms with van der Waals surface area (Å²) in [6.07, 6.45) is 10.3. The van der Waals surface area contributed by atoms with E-state index in [0.717, 1.165) is 12.3 Å². The number of rotatable bonds is 7. The van der Waals surface area contributed by atoms with E-state index in [1.54, 1.807) is 0 Å². The summed E-state index contributed by atoms with van der Waals surface area (Å²) in [5.41, 5.74) is 0. The molecule has 0 amide bonds. The highest BCUT2D eigenvalue weighted by molar-refractivity contribution is 4.75. The second-order valence-electron chi connectivity index (χ2n) is 5.76. The third kappa shape index (κ3) is 5.87. The van der Waals surface area contributed by atoms with E-state index < -0.39 is 0 Å². The fraction of sp³-hybridized carbons (Fsp3) is 1.00. The predicted octanol–water partition coefficient (Wildman–Crippen LogP) is 3.91. The fourth-order valence-electron chi connectivity index (χ4n) is 3.04. The van der Waals surface area contributed by atoms with Gasteiger partial charge in [0, 0.05) is 0 Å². The fourth-order valence-corrected chi connectivity index (χ4v) is 3.04. The van der Waals surface area contributed by atoms with Crippen molar-refractivity contribution in [3.8, 4) is 0 Å². The number of hydrogen-bond donors (Lipinski definition) is 1. The minimum Gasteiger partial charge on any atom is -0.393 e. The summed E-state index contributed by atoms with van der Waals surface area (Å²) in [6, 6.07) is 0. The monoisotopic (exact) mass is 242 g/mol. The van der Waals surface area contributed by atoms with Gasteiger partial charge in [-0.05, 0) is 45.4 Å². The Bertz CT molecular complexity index is 185. The Morgan fingerprint density at radius 1 is 1.18 bits per heavy atom. The Labute approximate surface area is 107 Å². The van der Waals surface area contributed by atoms with E-state index in [1.807, 2.05) is 6.92 Å². The molecular formula is C15H30O2. The van der Waals surface area contributed by atoms with Crippen LogP contribution in [0.3, 0.4) is 0 Å². The van der Waals surface area contributed by atoms with Crippen LogP contribution in [-0.2, 0) is 4.74 Å². The lowest BCUT2D eigenvalue weighted by atomic mass is 9.83. The van der Waals surface area contributed by atoms with Gasteiger partial charge in [-0.1, -0.05) is 32.6 Å². The first-order chi connectivity index (χ1) is 8.13. The normalized spacial score (nSPS) is 23.3. The van der Waals surface area contributed by atoms with Gasteiger partial charge in [0.25, 0.3) is 0 Å². The highest BCUT2D eigenvalue weighted by atomic mass is 16.5. The van der Waals surface area contributed by atoms with E-state index >= 15 is 0 Å². The van der Waals surface area contributed by atoms with Gasteiger partial charge in [-0.25, -0.2) is 0 Å². The van der Waals surface area contributed by atoms with Crippen LogP contribution < -0.4 is 0 Å². The SMILES string of the molecule is CCC[C@H](O[C@H](C)C[C@@H](C)O)C1CCCCC1. The molecule has 0 aliphatic heterocycles. The van der Waals surface area contributed by atoms with Gasteiger partial charge in [-0.3, -0.25) is 0 Å². The number of ether oxygens (including phenoxy) is 1. The van der Waals surface area contributed by atoms with Gasteiger partial charge in [-0.15, -0.1) is 0 Å². The highest BCUT2D eigenvalue weighted by Crippen LogP contribution is 2.31.